The predicted molar refractivity (Wildman–Crippen MR) is 122 cm³/mol. The first kappa shape index (κ1) is 20.2. The van der Waals surface area contributed by atoms with Crippen molar-refractivity contribution in [1.82, 2.24) is 19.7 Å². The first-order chi connectivity index (χ1) is 14.7. The van der Waals surface area contributed by atoms with Crippen LogP contribution in [0, 0.1) is 0 Å². The molecular weight excluding hydrogens is 414 g/mol. The molecule has 0 unspecified atom stereocenters. The molecule has 8 heteroatoms. The topological polar surface area (TPSA) is 72.7 Å². The predicted octanol–water partition coefficient (Wildman–Crippen LogP) is 4.78. The van der Waals surface area contributed by atoms with Crippen LogP contribution in [0.4, 0.5) is 5.69 Å². The maximum Gasteiger partial charge on any atom is 0.234 e. The molecular formula is C22H19N5OS2. The third-order valence-corrected chi connectivity index (χ3v) is 5.91. The lowest BCUT2D eigenvalue weighted by Crippen LogP contribution is -2.14. The van der Waals surface area contributed by atoms with Gasteiger partial charge in [0.25, 0.3) is 0 Å². The molecule has 0 aliphatic heterocycles. The molecule has 0 radical (unpaired) electrons. The third-order valence-electron chi connectivity index (χ3n) is 4.25. The highest BCUT2D eigenvalue weighted by Gasteiger charge is 2.17. The van der Waals surface area contributed by atoms with Gasteiger partial charge < -0.3 is 5.32 Å². The summed E-state index contributed by atoms with van der Waals surface area (Å²) in [6.45, 7) is 0. The third kappa shape index (κ3) is 4.72. The number of anilines is 1. The molecule has 0 aliphatic carbocycles. The molecule has 0 saturated carbocycles. The summed E-state index contributed by atoms with van der Waals surface area (Å²) < 4.78 is 1.95. The molecule has 0 fully saturated rings. The quantitative estimate of drug-likeness (QED) is 0.423. The minimum absolute atomic E-state index is 0.0937. The minimum atomic E-state index is -0.0937. The molecule has 150 valence electrons. The van der Waals surface area contributed by atoms with E-state index in [9.17, 15) is 4.79 Å². The lowest BCUT2D eigenvalue weighted by atomic mass is 10.2. The largest absolute Gasteiger partial charge is 0.325 e. The maximum atomic E-state index is 12.5. The van der Waals surface area contributed by atoms with Crippen LogP contribution in [0.15, 0.2) is 89.2 Å². The van der Waals surface area contributed by atoms with E-state index in [-0.39, 0.29) is 11.7 Å². The molecule has 30 heavy (non-hydrogen) atoms. The van der Waals surface area contributed by atoms with E-state index in [2.05, 4.69) is 20.5 Å². The Labute approximate surface area is 183 Å². The smallest absolute Gasteiger partial charge is 0.234 e. The van der Waals surface area contributed by atoms with Crippen molar-refractivity contribution >= 4 is 35.1 Å². The van der Waals surface area contributed by atoms with Crippen LogP contribution in [0.2, 0.25) is 0 Å². The van der Waals surface area contributed by atoms with Gasteiger partial charge in [-0.05, 0) is 48.7 Å². The first-order valence-corrected chi connectivity index (χ1v) is 11.4. The summed E-state index contributed by atoms with van der Waals surface area (Å²) in [6, 6.07) is 21.4. The lowest BCUT2D eigenvalue weighted by molar-refractivity contribution is -0.113. The lowest BCUT2D eigenvalue weighted by Gasteiger charge is -2.10. The SMILES string of the molecule is CSc1cccc(NC(=O)CSc2nnc(-c3cccnc3)n2-c2ccccc2)c1. The van der Waals surface area contributed by atoms with Gasteiger partial charge in [0, 0.05) is 34.2 Å². The van der Waals surface area contributed by atoms with E-state index in [1.807, 2.05) is 77.6 Å². The molecule has 4 rings (SSSR count). The van der Waals surface area contributed by atoms with Gasteiger partial charge in [0.2, 0.25) is 5.91 Å². The highest BCUT2D eigenvalue weighted by atomic mass is 32.2. The van der Waals surface area contributed by atoms with E-state index in [1.165, 1.54) is 11.8 Å². The van der Waals surface area contributed by atoms with Gasteiger partial charge >= 0.3 is 0 Å². The van der Waals surface area contributed by atoms with Crippen LogP contribution in [0.3, 0.4) is 0 Å². The number of hydrogen-bond acceptors (Lipinski definition) is 6. The summed E-state index contributed by atoms with van der Waals surface area (Å²) in [5.74, 6) is 0.815. The number of benzene rings is 2. The van der Waals surface area contributed by atoms with Crippen LogP contribution in [0.5, 0.6) is 0 Å². The van der Waals surface area contributed by atoms with Crippen LogP contribution < -0.4 is 5.32 Å². The zero-order valence-electron chi connectivity index (χ0n) is 16.2. The number of carbonyl (C=O) groups is 1. The number of carbonyl (C=O) groups excluding carboxylic acids is 1. The number of para-hydroxylation sites is 1. The Kier molecular flexibility index (Phi) is 6.46. The summed E-state index contributed by atoms with van der Waals surface area (Å²) in [6.07, 6.45) is 5.48. The number of nitrogens with zero attached hydrogens (tertiary/aromatic N) is 4. The molecule has 0 saturated heterocycles. The molecule has 1 amide bonds. The Morgan fingerprint density at radius 3 is 2.67 bits per heavy atom. The van der Waals surface area contributed by atoms with Crippen molar-refractivity contribution in [2.24, 2.45) is 0 Å². The average molecular weight is 434 g/mol. The molecule has 0 bridgehead atoms. The normalized spacial score (nSPS) is 10.7. The number of pyridine rings is 1. The van der Waals surface area contributed by atoms with Crippen LogP contribution in [0.25, 0.3) is 17.1 Å². The summed E-state index contributed by atoms with van der Waals surface area (Å²) in [7, 11) is 0. The molecule has 0 aliphatic rings. The van der Waals surface area contributed by atoms with Gasteiger partial charge in [0.05, 0.1) is 5.75 Å². The summed E-state index contributed by atoms with van der Waals surface area (Å²) >= 11 is 2.98. The van der Waals surface area contributed by atoms with Crippen molar-refractivity contribution in [3.8, 4) is 17.1 Å². The number of rotatable bonds is 7. The van der Waals surface area contributed by atoms with E-state index in [0.717, 1.165) is 21.8 Å². The van der Waals surface area contributed by atoms with Gasteiger partial charge in [-0.2, -0.15) is 0 Å². The van der Waals surface area contributed by atoms with Crippen LogP contribution in [-0.2, 0) is 4.79 Å². The van der Waals surface area contributed by atoms with E-state index in [4.69, 9.17) is 0 Å². The zero-order chi connectivity index (χ0) is 20.8. The molecule has 0 atom stereocenters. The zero-order valence-corrected chi connectivity index (χ0v) is 17.9. The van der Waals surface area contributed by atoms with Gasteiger partial charge in [-0.1, -0.05) is 36.0 Å². The number of thioether (sulfide) groups is 2. The summed E-state index contributed by atoms with van der Waals surface area (Å²) in [5.41, 5.74) is 2.57. The van der Waals surface area contributed by atoms with Crippen molar-refractivity contribution in [2.45, 2.75) is 10.1 Å². The second kappa shape index (κ2) is 9.60. The Morgan fingerprint density at radius 1 is 1.03 bits per heavy atom. The van der Waals surface area contributed by atoms with Gasteiger partial charge in [-0.15, -0.1) is 22.0 Å². The highest BCUT2D eigenvalue weighted by Crippen LogP contribution is 2.27. The highest BCUT2D eigenvalue weighted by molar-refractivity contribution is 7.99. The van der Waals surface area contributed by atoms with Crippen LogP contribution in [-0.4, -0.2) is 37.7 Å². The Morgan fingerprint density at radius 2 is 1.90 bits per heavy atom. The second-order valence-corrected chi connectivity index (χ2v) is 8.11. The average Bonchev–Trinajstić information content (AvgIpc) is 3.23. The van der Waals surface area contributed by atoms with Crippen molar-refractivity contribution in [3.63, 3.8) is 0 Å². The fourth-order valence-corrected chi connectivity index (χ4v) is 4.09. The van der Waals surface area contributed by atoms with E-state index < -0.39 is 0 Å². The minimum Gasteiger partial charge on any atom is -0.325 e. The molecule has 0 spiro atoms. The monoisotopic (exact) mass is 433 g/mol. The van der Waals surface area contributed by atoms with E-state index in [1.54, 1.807) is 24.2 Å². The Hall–Kier alpha value is -3.10. The standard InChI is InChI=1S/C22H19N5OS2/c1-29-19-11-5-8-17(13-19)24-20(28)15-30-22-26-25-21(16-7-6-12-23-14-16)27(22)18-9-3-2-4-10-18/h2-14H,15H2,1H3,(H,24,28). The molecule has 4 aromatic rings. The number of hydrogen-bond donors (Lipinski definition) is 1. The fraction of sp³-hybridized carbons (Fsp3) is 0.0909. The molecule has 2 aromatic heterocycles. The van der Waals surface area contributed by atoms with Gasteiger partial charge in [-0.25, -0.2) is 0 Å². The number of nitrogens with one attached hydrogen (secondary N) is 1. The second-order valence-electron chi connectivity index (χ2n) is 6.29. The number of aromatic nitrogens is 4. The fourth-order valence-electron chi connectivity index (χ4n) is 2.88. The Balaban J connectivity index is 1.55. The van der Waals surface area contributed by atoms with Gasteiger partial charge in [0.1, 0.15) is 0 Å². The van der Waals surface area contributed by atoms with Crippen molar-refractivity contribution in [2.75, 3.05) is 17.3 Å². The summed E-state index contributed by atoms with van der Waals surface area (Å²) in [5, 5.41) is 12.3. The maximum absolute atomic E-state index is 12.5. The molecule has 6 nitrogen and oxygen atoms in total. The van der Waals surface area contributed by atoms with Gasteiger partial charge in [-0.3, -0.25) is 14.3 Å². The molecule has 1 N–H and O–H groups in total. The first-order valence-electron chi connectivity index (χ1n) is 9.22. The van der Waals surface area contributed by atoms with E-state index in [0.29, 0.717) is 11.0 Å². The van der Waals surface area contributed by atoms with Gasteiger partial charge in [0.15, 0.2) is 11.0 Å². The van der Waals surface area contributed by atoms with E-state index >= 15 is 0 Å². The summed E-state index contributed by atoms with van der Waals surface area (Å²) in [4.78, 5) is 17.8. The molecule has 2 aromatic carbocycles. The van der Waals surface area contributed by atoms with Crippen LogP contribution >= 0.6 is 23.5 Å². The van der Waals surface area contributed by atoms with Crippen molar-refractivity contribution in [3.05, 3.63) is 79.1 Å². The van der Waals surface area contributed by atoms with Crippen molar-refractivity contribution in [1.29, 1.82) is 0 Å². The van der Waals surface area contributed by atoms with Crippen LogP contribution in [0.1, 0.15) is 0 Å². The number of amides is 1. The molecule has 2 heterocycles. The Bertz CT molecular complexity index is 1130. The van der Waals surface area contributed by atoms with Crippen molar-refractivity contribution < 1.29 is 4.79 Å².